The molecule has 7 nitrogen and oxygen atoms in total. The van der Waals surface area contributed by atoms with Gasteiger partial charge >= 0.3 is 0 Å². The molecular weight excluding hydrogens is 534 g/mol. The third-order valence-electron chi connectivity index (χ3n) is 7.21. The molecule has 0 saturated heterocycles. The lowest BCUT2D eigenvalue weighted by Crippen LogP contribution is -2.50. The molecule has 0 unspecified atom stereocenters. The molecule has 0 bridgehead atoms. The number of nitrogens with one attached hydrogen (secondary N) is 1. The number of carbonyl (C=O) groups excluding carboxylic acids is 2. The molecule has 3 rings (SSSR count). The van der Waals surface area contributed by atoms with Gasteiger partial charge in [0, 0.05) is 32.5 Å². The second-order valence-electron chi connectivity index (χ2n) is 10.7. The first-order chi connectivity index (χ1) is 19.5. The summed E-state index contributed by atoms with van der Waals surface area (Å²) >= 11 is 0. The molecule has 0 aliphatic heterocycles. The van der Waals surface area contributed by atoms with Crippen LogP contribution in [0.15, 0.2) is 72.8 Å². The first kappa shape index (κ1) is 31.9. The predicted molar refractivity (Wildman–Crippen MR) is 166 cm³/mol. The van der Waals surface area contributed by atoms with E-state index < -0.39 is 16.1 Å². The smallest absolute Gasteiger partial charge is 0.243 e. The molecule has 0 fully saturated rings. The van der Waals surface area contributed by atoms with E-state index in [1.165, 1.54) is 10.6 Å². The second kappa shape index (κ2) is 14.8. The fourth-order valence-corrected chi connectivity index (χ4v) is 5.88. The van der Waals surface area contributed by atoms with Gasteiger partial charge in [-0.15, -0.1) is 0 Å². The molecule has 1 N–H and O–H groups in total. The topological polar surface area (TPSA) is 86.8 Å². The number of benzene rings is 3. The molecule has 0 aromatic heterocycles. The van der Waals surface area contributed by atoms with Crippen LogP contribution in [0.5, 0.6) is 0 Å². The third-order valence-corrected chi connectivity index (χ3v) is 8.39. The highest BCUT2D eigenvalue weighted by Gasteiger charge is 2.30. The Morgan fingerprint density at radius 3 is 2.24 bits per heavy atom. The van der Waals surface area contributed by atoms with Crippen molar-refractivity contribution in [2.45, 2.75) is 66.0 Å². The quantitative estimate of drug-likeness (QED) is 0.281. The number of rotatable bonds is 14. The molecule has 220 valence electrons. The summed E-state index contributed by atoms with van der Waals surface area (Å²) in [5.74, 6) is -0.374. The highest BCUT2D eigenvalue weighted by molar-refractivity contribution is 7.92. The van der Waals surface area contributed by atoms with Gasteiger partial charge in [0.25, 0.3) is 0 Å². The molecule has 1 atom stereocenters. The van der Waals surface area contributed by atoms with E-state index in [2.05, 4.69) is 5.32 Å². The number of aryl methyl sites for hydroxylation is 3. The van der Waals surface area contributed by atoms with Crippen LogP contribution >= 0.6 is 0 Å². The second-order valence-corrected chi connectivity index (χ2v) is 12.6. The van der Waals surface area contributed by atoms with Crippen LogP contribution < -0.4 is 9.62 Å². The molecule has 8 heteroatoms. The van der Waals surface area contributed by atoms with Crippen molar-refractivity contribution in [1.82, 2.24) is 10.2 Å². The maximum absolute atomic E-state index is 13.9. The van der Waals surface area contributed by atoms with Crippen LogP contribution in [0.1, 0.15) is 54.0 Å². The molecule has 0 heterocycles. The fourth-order valence-electron chi connectivity index (χ4n) is 4.86. The number of hydrogen-bond acceptors (Lipinski definition) is 4. The van der Waals surface area contributed by atoms with E-state index in [4.69, 9.17) is 0 Å². The molecule has 0 aliphatic carbocycles. The Hall–Kier alpha value is -3.65. The average molecular weight is 578 g/mol. The zero-order valence-electron chi connectivity index (χ0n) is 24.9. The standard InChI is InChI=1S/C33H43N3O4S/c1-6-20-34-33(38)31(23-28-14-8-7-9-15-28)35(24-29-16-11-10-13-26(29)3)32(37)17-12-21-36(41(5,39)40)30-22-25(2)18-19-27(30)4/h7-11,13-16,18-19,22,31H,6,12,17,20-21,23-24H2,1-5H3,(H,34,38)/t31-/m1/s1. The largest absolute Gasteiger partial charge is 0.354 e. The zero-order chi connectivity index (χ0) is 30.0. The van der Waals surface area contributed by atoms with Gasteiger partial charge in [-0.2, -0.15) is 0 Å². The molecule has 3 aromatic rings. The fraction of sp³-hybridized carbons (Fsp3) is 0.394. The Balaban J connectivity index is 1.90. The molecule has 2 amide bonds. The minimum absolute atomic E-state index is 0.106. The van der Waals surface area contributed by atoms with Gasteiger partial charge in [-0.25, -0.2) is 8.42 Å². The molecule has 41 heavy (non-hydrogen) atoms. The van der Waals surface area contributed by atoms with Gasteiger partial charge in [0.15, 0.2) is 0 Å². The predicted octanol–water partition coefficient (Wildman–Crippen LogP) is 5.32. The van der Waals surface area contributed by atoms with Gasteiger partial charge in [-0.3, -0.25) is 13.9 Å². The summed E-state index contributed by atoms with van der Waals surface area (Å²) in [5, 5.41) is 3.00. The summed E-state index contributed by atoms with van der Waals surface area (Å²) in [6, 6.07) is 22.6. The van der Waals surface area contributed by atoms with Crippen LogP contribution in [0.25, 0.3) is 0 Å². The minimum atomic E-state index is -3.57. The highest BCUT2D eigenvalue weighted by atomic mass is 32.2. The van der Waals surface area contributed by atoms with E-state index in [-0.39, 0.29) is 31.3 Å². The monoisotopic (exact) mass is 577 g/mol. The van der Waals surface area contributed by atoms with Crippen molar-refractivity contribution in [3.8, 4) is 0 Å². The molecular formula is C33H43N3O4S. The summed E-state index contributed by atoms with van der Waals surface area (Å²) in [7, 11) is -3.57. The Bertz CT molecular complexity index is 1420. The number of nitrogens with zero attached hydrogens (tertiary/aromatic N) is 2. The normalized spacial score (nSPS) is 12.0. The maximum Gasteiger partial charge on any atom is 0.243 e. The molecule has 0 spiro atoms. The van der Waals surface area contributed by atoms with Crippen LogP contribution in [0.3, 0.4) is 0 Å². The van der Waals surface area contributed by atoms with Crippen LogP contribution in [-0.2, 0) is 32.6 Å². The van der Waals surface area contributed by atoms with Gasteiger partial charge in [-0.05, 0) is 67.5 Å². The maximum atomic E-state index is 13.9. The Morgan fingerprint density at radius 2 is 1.59 bits per heavy atom. The number of hydrogen-bond donors (Lipinski definition) is 1. The number of anilines is 1. The lowest BCUT2D eigenvalue weighted by molar-refractivity contribution is -0.141. The molecule has 3 aromatic carbocycles. The summed E-state index contributed by atoms with van der Waals surface area (Å²) < 4.78 is 26.9. The summed E-state index contributed by atoms with van der Waals surface area (Å²) in [5.41, 5.74) is 5.40. The van der Waals surface area contributed by atoms with Gasteiger partial charge in [0.05, 0.1) is 11.9 Å². The van der Waals surface area contributed by atoms with Crippen LogP contribution in [0.4, 0.5) is 5.69 Å². The van der Waals surface area contributed by atoms with Crippen molar-refractivity contribution in [2.75, 3.05) is 23.7 Å². The van der Waals surface area contributed by atoms with E-state index in [1.807, 2.05) is 100 Å². The van der Waals surface area contributed by atoms with Crippen molar-refractivity contribution < 1.29 is 18.0 Å². The SMILES string of the molecule is CCCNC(=O)[C@@H](Cc1ccccc1)N(Cc1ccccc1C)C(=O)CCCN(c1cc(C)ccc1C)S(C)(=O)=O. The van der Waals surface area contributed by atoms with Gasteiger partial charge in [0.1, 0.15) is 6.04 Å². The Morgan fingerprint density at radius 1 is 0.902 bits per heavy atom. The molecule has 0 aliphatic rings. The first-order valence-corrected chi connectivity index (χ1v) is 16.1. The third kappa shape index (κ3) is 9.18. The van der Waals surface area contributed by atoms with Gasteiger partial charge in [-0.1, -0.05) is 73.7 Å². The first-order valence-electron chi connectivity index (χ1n) is 14.2. The lowest BCUT2D eigenvalue weighted by atomic mass is 10.0. The molecule has 0 saturated carbocycles. The molecule has 0 radical (unpaired) electrons. The summed E-state index contributed by atoms with van der Waals surface area (Å²) in [4.78, 5) is 29.1. The number of sulfonamides is 1. The minimum Gasteiger partial charge on any atom is -0.354 e. The van der Waals surface area contributed by atoms with E-state index in [9.17, 15) is 18.0 Å². The van der Waals surface area contributed by atoms with E-state index in [0.717, 1.165) is 34.2 Å². The van der Waals surface area contributed by atoms with Crippen molar-refractivity contribution in [1.29, 1.82) is 0 Å². The average Bonchev–Trinajstić information content (AvgIpc) is 2.94. The van der Waals surface area contributed by atoms with Crippen LogP contribution in [-0.4, -0.2) is 50.5 Å². The van der Waals surface area contributed by atoms with E-state index >= 15 is 0 Å². The van der Waals surface area contributed by atoms with Crippen molar-refractivity contribution in [3.05, 3.63) is 101 Å². The highest BCUT2D eigenvalue weighted by Crippen LogP contribution is 2.25. The van der Waals surface area contributed by atoms with E-state index in [0.29, 0.717) is 25.1 Å². The summed E-state index contributed by atoms with van der Waals surface area (Å²) in [6.07, 6.45) is 2.78. The van der Waals surface area contributed by atoms with Crippen LogP contribution in [0.2, 0.25) is 0 Å². The van der Waals surface area contributed by atoms with Gasteiger partial charge in [0.2, 0.25) is 21.8 Å². The number of carbonyl (C=O) groups is 2. The van der Waals surface area contributed by atoms with Crippen molar-refractivity contribution in [2.24, 2.45) is 0 Å². The number of amides is 2. The zero-order valence-corrected chi connectivity index (χ0v) is 25.7. The summed E-state index contributed by atoms with van der Waals surface area (Å²) in [6.45, 7) is 8.77. The lowest BCUT2D eigenvalue weighted by Gasteiger charge is -2.32. The van der Waals surface area contributed by atoms with Crippen molar-refractivity contribution in [3.63, 3.8) is 0 Å². The Kier molecular flexibility index (Phi) is 11.5. The van der Waals surface area contributed by atoms with Gasteiger partial charge < -0.3 is 10.2 Å². The van der Waals surface area contributed by atoms with Crippen molar-refractivity contribution >= 4 is 27.5 Å². The van der Waals surface area contributed by atoms with Crippen LogP contribution in [0, 0.1) is 20.8 Å². The van der Waals surface area contributed by atoms with E-state index in [1.54, 1.807) is 4.90 Å². The Labute approximate surface area is 245 Å².